The van der Waals surface area contributed by atoms with Gasteiger partial charge >= 0.3 is 5.97 Å². The highest BCUT2D eigenvalue weighted by Crippen LogP contribution is 2.20. The summed E-state index contributed by atoms with van der Waals surface area (Å²) in [5.41, 5.74) is 2.15. The van der Waals surface area contributed by atoms with Crippen LogP contribution in [0.25, 0.3) is 0 Å². The molecule has 1 aromatic carbocycles. The average Bonchev–Trinajstić information content (AvgIpc) is 2.80. The van der Waals surface area contributed by atoms with Gasteiger partial charge in [-0.15, -0.1) is 0 Å². The van der Waals surface area contributed by atoms with Crippen molar-refractivity contribution in [2.75, 3.05) is 19.0 Å². The maximum absolute atomic E-state index is 12.1. The Morgan fingerprint density at radius 2 is 1.87 bits per heavy atom. The van der Waals surface area contributed by atoms with Gasteiger partial charge in [0, 0.05) is 7.05 Å². The van der Waals surface area contributed by atoms with Gasteiger partial charge in [-0.1, -0.05) is 17.7 Å². The van der Waals surface area contributed by atoms with Gasteiger partial charge in [-0.05, 0) is 26.0 Å². The first kappa shape index (κ1) is 16.5. The Morgan fingerprint density at radius 3 is 2.48 bits per heavy atom. The topological polar surface area (TPSA) is 82.4 Å². The number of ether oxygens (including phenoxy) is 2. The molecule has 122 valence electrons. The normalized spacial score (nSPS) is 10.3. The van der Waals surface area contributed by atoms with E-state index in [1.54, 1.807) is 26.1 Å². The number of anilines is 1. The van der Waals surface area contributed by atoms with E-state index in [0.717, 1.165) is 5.56 Å². The highest BCUT2D eigenvalue weighted by atomic mass is 16.5. The molecule has 23 heavy (non-hydrogen) atoms. The smallest absolute Gasteiger partial charge is 0.358 e. The molecule has 7 nitrogen and oxygen atoms in total. The number of amides is 1. The molecule has 0 atom stereocenters. The molecule has 0 unspecified atom stereocenters. The zero-order valence-electron chi connectivity index (χ0n) is 13.5. The van der Waals surface area contributed by atoms with E-state index in [0.29, 0.717) is 17.1 Å². The number of nitrogens with one attached hydrogen (secondary N) is 1. The van der Waals surface area contributed by atoms with Crippen LogP contribution in [0.15, 0.2) is 24.3 Å². The predicted molar refractivity (Wildman–Crippen MR) is 84.6 cm³/mol. The van der Waals surface area contributed by atoms with Crippen LogP contribution in [0.1, 0.15) is 21.7 Å². The van der Waals surface area contributed by atoms with Gasteiger partial charge in [0.1, 0.15) is 5.75 Å². The molecule has 1 N–H and O–H groups in total. The second-order valence-corrected chi connectivity index (χ2v) is 5.07. The first-order chi connectivity index (χ1) is 10.9. The molecule has 0 radical (unpaired) electrons. The van der Waals surface area contributed by atoms with Crippen LogP contribution in [0, 0.1) is 13.8 Å². The Morgan fingerprint density at radius 1 is 1.22 bits per heavy atom. The number of nitrogens with zero attached hydrogens (tertiary/aromatic N) is 2. The number of carbonyl (C=O) groups is 2. The fraction of sp³-hybridized carbons (Fsp3) is 0.312. The molecule has 0 fully saturated rings. The predicted octanol–water partition coefficient (Wildman–Crippen LogP) is 1.84. The van der Waals surface area contributed by atoms with Gasteiger partial charge in [-0.2, -0.15) is 5.10 Å². The maximum atomic E-state index is 12.1. The molecule has 0 saturated heterocycles. The second-order valence-electron chi connectivity index (χ2n) is 5.07. The monoisotopic (exact) mass is 317 g/mol. The molecule has 2 aromatic rings. The average molecular weight is 317 g/mol. The minimum Gasteiger partial charge on any atom is -0.484 e. The molecule has 0 aliphatic heterocycles. The summed E-state index contributed by atoms with van der Waals surface area (Å²) >= 11 is 0. The van der Waals surface area contributed by atoms with Gasteiger partial charge in [-0.3, -0.25) is 9.48 Å². The first-order valence-corrected chi connectivity index (χ1v) is 7.03. The zero-order chi connectivity index (χ0) is 17.0. The van der Waals surface area contributed by atoms with E-state index in [9.17, 15) is 9.59 Å². The molecule has 0 saturated carbocycles. The summed E-state index contributed by atoms with van der Waals surface area (Å²) in [6.07, 6.45) is 0. The second kappa shape index (κ2) is 6.95. The molecular formula is C16H19N3O4. The molecule has 0 spiro atoms. The number of benzene rings is 1. The summed E-state index contributed by atoms with van der Waals surface area (Å²) in [4.78, 5) is 23.8. The third kappa shape index (κ3) is 3.88. The summed E-state index contributed by atoms with van der Waals surface area (Å²) in [5, 5.41) is 6.77. The molecular weight excluding hydrogens is 298 g/mol. The van der Waals surface area contributed by atoms with Crippen molar-refractivity contribution < 1.29 is 19.1 Å². The van der Waals surface area contributed by atoms with E-state index in [2.05, 4.69) is 10.4 Å². The summed E-state index contributed by atoms with van der Waals surface area (Å²) in [7, 11) is 2.88. The van der Waals surface area contributed by atoms with Crippen LogP contribution in [0.3, 0.4) is 0 Å². The molecule has 1 amide bonds. The Balaban J connectivity index is 2.05. The third-order valence-corrected chi connectivity index (χ3v) is 3.26. The van der Waals surface area contributed by atoms with Crippen molar-refractivity contribution in [2.24, 2.45) is 7.05 Å². The van der Waals surface area contributed by atoms with E-state index in [-0.39, 0.29) is 18.2 Å². The molecule has 1 heterocycles. The van der Waals surface area contributed by atoms with Crippen molar-refractivity contribution in [3.8, 4) is 5.75 Å². The number of hydrogen-bond donors (Lipinski definition) is 1. The van der Waals surface area contributed by atoms with Gasteiger partial charge < -0.3 is 14.8 Å². The Bertz CT molecular complexity index is 720. The lowest BCUT2D eigenvalue weighted by Gasteiger charge is -2.09. The van der Waals surface area contributed by atoms with Crippen molar-refractivity contribution in [3.63, 3.8) is 0 Å². The van der Waals surface area contributed by atoms with E-state index in [1.807, 2.05) is 19.1 Å². The summed E-state index contributed by atoms with van der Waals surface area (Å²) in [6, 6.07) is 7.37. The van der Waals surface area contributed by atoms with Crippen LogP contribution >= 0.6 is 0 Å². The van der Waals surface area contributed by atoms with Crippen LogP contribution in [-0.4, -0.2) is 35.4 Å². The number of hydrogen-bond acceptors (Lipinski definition) is 5. The van der Waals surface area contributed by atoms with Gasteiger partial charge in [0.15, 0.2) is 12.3 Å². The zero-order valence-corrected chi connectivity index (χ0v) is 13.5. The van der Waals surface area contributed by atoms with Gasteiger partial charge in [-0.25, -0.2) is 4.79 Å². The quantitative estimate of drug-likeness (QED) is 0.851. The van der Waals surface area contributed by atoms with E-state index < -0.39 is 5.97 Å². The van der Waals surface area contributed by atoms with E-state index in [4.69, 9.17) is 9.47 Å². The molecule has 0 bridgehead atoms. The fourth-order valence-corrected chi connectivity index (χ4v) is 2.10. The van der Waals surface area contributed by atoms with Crippen LogP contribution < -0.4 is 10.1 Å². The lowest BCUT2D eigenvalue weighted by atomic mass is 10.2. The van der Waals surface area contributed by atoms with E-state index in [1.165, 1.54) is 11.8 Å². The highest BCUT2D eigenvalue weighted by molar-refractivity contribution is 6.01. The Hall–Kier alpha value is -2.83. The van der Waals surface area contributed by atoms with E-state index >= 15 is 0 Å². The molecule has 2 rings (SSSR count). The number of rotatable bonds is 5. The summed E-state index contributed by atoms with van der Waals surface area (Å²) in [6.45, 7) is 3.50. The third-order valence-electron chi connectivity index (χ3n) is 3.26. The van der Waals surface area contributed by atoms with Gasteiger partial charge in [0.25, 0.3) is 5.91 Å². The number of carbonyl (C=O) groups excluding carboxylic acids is 2. The van der Waals surface area contributed by atoms with Crippen LogP contribution in [-0.2, 0) is 16.6 Å². The van der Waals surface area contributed by atoms with Gasteiger partial charge in [0.2, 0.25) is 0 Å². The molecule has 0 aliphatic rings. The highest BCUT2D eigenvalue weighted by Gasteiger charge is 2.22. The fourth-order valence-electron chi connectivity index (χ4n) is 2.10. The number of methoxy groups -OCH3 is 1. The molecule has 1 aromatic heterocycles. The largest absolute Gasteiger partial charge is 0.484 e. The Labute approximate surface area is 134 Å². The maximum Gasteiger partial charge on any atom is 0.358 e. The van der Waals surface area contributed by atoms with Crippen LogP contribution in [0.5, 0.6) is 5.75 Å². The number of aromatic nitrogens is 2. The van der Waals surface area contributed by atoms with Crippen molar-refractivity contribution >= 4 is 17.6 Å². The minimum absolute atomic E-state index is 0.169. The van der Waals surface area contributed by atoms with Crippen molar-refractivity contribution in [1.29, 1.82) is 0 Å². The van der Waals surface area contributed by atoms with Crippen molar-refractivity contribution in [1.82, 2.24) is 9.78 Å². The SMILES string of the molecule is COC(=O)c1c(NC(=O)COc2ccc(C)cc2)c(C)nn1C. The van der Waals surface area contributed by atoms with Crippen LogP contribution in [0.4, 0.5) is 5.69 Å². The number of aryl methyl sites for hydroxylation is 3. The van der Waals surface area contributed by atoms with Crippen LogP contribution in [0.2, 0.25) is 0 Å². The summed E-state index contributed by atoms with van der Waals surface area (Å²) < 4.78 is 11.5. The van der Waals surface area contributed by atoms with Crippen molar-refractivity contribution in [2.45, 2.75) is 13.8 Å². The van der Waals surface area contributed by atoms with Crippen molar-refractivity contribution in [3.05, 3.63) is 41.2 Å². The lowest BCUT2D eigenvalue weighted by Crippen LogP contribution is -2.22. The Kier molecular flexibility index (Phi) is 5.00. The molecule has 7 heteroatoms. The minimum atomic E-state index is -0.567. The first-order valence-electron chi connectivity index (χ1n) is 7.03. The standard InChI is InChI=1S/C16H19N3O4/c1-10-5-7-12(8-6-10)23-9-13(20)17-14-11(2)18-19(3)15(14)16(21)22-4/h5-8H,9H2,1-4H3,(H,17,20). The summed E-state index contributed by atoms with van der Waals surface area (Å²) in [5.74, 6) is -0.350. The van der Waals surface area contributed by atoms with Gasteiger partial charge in [0.05, 0.1) is 18.5 Å². The number of esters is 1. The lowest BCUT2D eigenvalue weighted by molar-refractivity contribution is -0.118. The molecule has 0 aliphatic carbocycles.